The summed E-state index contributed by atoms with van der Waals surface area (Å²) in [5.41, 5.74) is 6.95. The molecule has 0 aliphatic carbocycles. The third kappa shape index (κ3) is 6.45. The number of anilines is 2. The van der Waals surface area contributed by atoms with Gasteiger partial charge in [-0.1, -0.05) is 102 Å². The Balaban J connectivity index is 1.21. The zero-order chi connectivity index (χ0) is 35.9. The highest BCUT2D eigenvalue weighted by Gasteiger charge is 2.40. The molecular weight excluding hydrogens is 717 g/mol. The minimum Gasteiger partial charge on any atom is -0.488 e. The topological polar surface area (TPSA) is 79.0 Å². The summed E-state index contributed by atoms with van der Waals surface area (Å²) < 4.78 is 6.10. The number of benzene rings is 5. The zero-order valence-corrected chi connectivity index (χ0v) is 30.1. The summed E-state index contributed by atoms with van der Waals surface area (Å²) in [6.07, 6.45) is 3.19. The molecule has 0 saturated carbocycles. The Kier molecular flexibility index (Phi) is 9.26. The van der Waals surface area contributed by atoms with E-state index < -0.39 is 17.8 Å². The molecule has 3 aliphatic heterocycles. The van der Waals surface area contributed by atoms with Gasteiger partial charge in [0.15, 0.2) is 0 Å². The molecule has 1 N–H and O–H groups in total. The number of nitrogens with zero attached hydrogens (tertiary/aromatic N) is 2. The van der Waals surface area contributed by atoms with Gasteiger partial charge in [-0.25, -0.2) is 9.69 Å². The smallest absolute Gasteiger partial charge is 0.335 e. The average Bonchev–Trinajstić information content (AvgIpc) is 3.15. The molecule has 0 spiro atoms. The van der Waals surface area contributed by atoms with Gasteiger partial charge in [0, 0.05) is 41.2 Å². The highest BCUT2D eigenvalue weighted by atomic mass is 35.5. The number of rotatable bonds is 7. The van der Waals surface area contributed by atoms with E-state index in [2.05, 4.69) is 34.5 Å². The summed E-state index contributed by atoms with van der Waals surface area (Å²) in [5, 5.41) is 3.60. The van der Waals surface area contributed by atoms with Gasteiger partial charge in [-0.05, 0) is 89.2 Å². The monoisotopic (exact) mass is 747 g/mol. The molecule has 1 saturated heterocycles. The zero-order valence-electron chi connectivity index (χ0n) is 27.8. The predicted molar refractivity (Wildman–Crippen MR) is 206 cm³/mol. The first-order valence-corrected chi connectivity index (χ1v) is 18.2. The number of amides is 4. The lowest BCUT2D eigenvalue weighted by molar-refractivity contribution is -0.122. The quantitative estimate of drug-likeness (QED) is 0.133. The van der Waals surface area contributed by atoms with Crippen LogP contribution in [0.15, 0.2) is 115 Å². The fourth-order valence-corrected chi connectivity index (χ4v) is 8.07. The molecule has 0 aromatic heterocycles. The van der Waals surface area contributed by atoms with Gasteiger partial charge < -0.3 is 9.64 Å². The van der Waals surface area contributed by atoms with Crippen molar-refractivity contribution in [2.24, 2.45) is 0 Å². The molecule has 0 bridgehead atoms. The van der Waals surface area contributed by atoms with Crippen molar-refractivity contribution in [2.45, 2.75) is 31.3 Å². The van der Waals surface area contributed by atoms with E-state index in [4.69, 9.17) is 39.5 Å². The van der Waals surface area contributed by atoms with E-state index in [0.29, 0.717) is 32.1 Å². The van der Waals surface area contributed by atoms with Crippen molar-refractivity contribution in [1.82, 2.24) is 5.32 Å². The lowest BCUT2D eigenvalue weighted by atomic mass is 9.76. The Hall–Kier alpha value is -5.08. The Morgan fingerprint density at radius 1 is 0.731 bits per heavy atom. The van der Waals surface area contributed by atoms with Gasteiger partial charge in [0.2, 0.25) is 0 Å². The van der Waals surface area contributed by atoms with E-state index in [1.165, 1.54) is 17.2 Å². The second-order valence-electron chi connectivity index (χ2n) is 13.1. The van der Waals surface area contributed by atoms with Crippen LogP contribution in [-0.4, -0.2) is 30.9 Å². The van der Waals surface area contributed by atoms with Gasteiger partial charge in [0.1, 0.15) is 17.9 Å². The molecule has 3 heterocycles. The van der Waals surface area contributed by atoms with Crippen LogP contribution in [0.1, 0.15) is 58.1 Å². The molecular formula is C42H32Cl3N3O4. The number of hydrogen-bond donors (Lipinski definition) is 1. The summed E-state index contributed by atoms with van der Waals surface area (Å²) in [6.45, 7) is 1.94. The molecule has 0 radical (unpaired) electrons. The maximum Gasteiger partial charge on any atom is 0.335 e. The number of ether oxygens (including phenoxy) is 1. The lowest BCUT2D eigenvalue weighted by Crippen LogP contribution is -2.54. The van der Waals surface area contributed by atoms with Crippen LogP contribution in [-0.2, 0) is 16.2 Å². The summed E-state index contributed by atoms with van der Waals surface area (Å²) in [4.78, 5) is 44.9. The minimum atomic E-state index is -0.809. The maximum absolute atomic E-state index is 14.4. The van der Waals surface area contributed by atoms with E-state index >= 15 is 0 Å². The maximum atomic E-state index is 14.4. The SMILES string of the molecule is O=C1NC(=O)N(c2cc3c4c(c2)[C@H](c2ccccc2)CCN4CC[C@@H]3c2ccccc2)C(=O)/C1=C/c1cc(Cl)ccc1OCc1ccc(Cl)c(Cl)c1. The van der Waals surface area contributed by atoms with Crippen molar-refractivity contribution in [3.8, 4) is 5.75 Å². The number of carbonyl (C=O) groups is 3. The van der Waals surface area contributed by atoms with Gasteiger partial charge in [0.05, 0.1) is 15.7 Å². The molecule has 0 unspecified atom stereocenters. The van der Waals surface area contributed by atoms with Gasteiger partial charge >= 0.3 is 6.03 Å². The average molecular weight is 749 g/mol. The van der Waals surface area contributed by atoms with Gasteiger partial charge in [-0.3, -0.25) is 14.9 Å². The molecule has 52 heavy (non-hydrogen) atoms. The van der Waals surface area contributed by atoms with Crippen LogP contribution in [0.25, 0.3) is 6.08 Å². The van der Waals surface area contributed by atoms with Crippen molar-refractivity contribution < 1.29 is 19.1 Å². The number of hydrogen-bond acceptors (Lipinski definition) is 5. The van der Waals surface area contributed by atoms with E-state index in [1.54, 1.807) is 36.4 Å². The number of barbiturate groups is 1. The molecule has 5 aromatic rings. The van der Waals surface area contributed by atoms with E-state index in [0.717, 1.165) is 53.2 Å². The van der Waals surface area contributed by atoms with Crippen LogP contribution in [0.3, 0.4) is 0 Å². The van der Waals surface area contributed by atoms with Crippen LogP contribution in [0.4, 0.5) is 16.2 Å². The Bertz CT molecular complexity index is 2190. The summed E-state index contributed by atoms with van der Waals surface area (Å²) in [7, 11) is 0. The molecule has 10 heteroatoms. The molecule has 1 fully saturated rings. The first-order valence-electron chi connectivity index (χ1n) is 17.1. The van der Waals surface area contributed by atoms with Crippen LogP contribution in [0.2, 0.25) is 15.1 Å². The second-order valence-corrected chi connectivity index (χ2v) is 14.4. The Morgan fingerprint density at radius 3 is 1.98 bits per heavy atom. The molecule has 4 amide bonds. The van der Waals surface area contributed by atoms with Crippen LogP contribution >= 0.6 is 34.8 Å². The number of halogens is 3. The van der Waals surface area contributed by atoms with Crippen LogP contribution < -0.4 is 19.9 Å². The summed E-state index contributed by atoms with van der Waals surface area (Å²) >= 11 is 18.7. The highest BCUT2D eigenvalue weighted by Crippen LogP contribution is 2.50. The molecule has 5 aromatic carbocycles. The normalized spacial score (nSPS) is 19.1. The molecule has 260 valence electrons. The van der Waals surface area contributed by atoms with Crippen LogP contribution in [0.5, 0.6) is 5.75 Å². The van der Waals surface area contributed by atoms with Crippen molar-refractivity contribution >= 4 is 70.1 Å². The number of carbonyl (C=O) groups excluding carboxylic acids is 3. The van der Waals surface area contributed by atoms with Crippen molar-refractivity contribution in [3.05, 3.63) is 163 Å². The highest BCUT2D eigenvalue weighted by molar-refractivity contribution is 6.42. The number of nitrogens with one attached hydrogen (secondary N) is 1. The van der Waals surface area contributed by atoms with Gasteiger partial charge in [-0.2, -0.15) is 0 Å². The molecule has 8 rings (SSSR count). The standard InChI is InChI=1S/C42H32Cl3N3O4/c43-29-12-14-38(52-24-25-11-13-36(44)37(45)19-25)28(20-29)21-35-40(49)46-42(51)48(41(35)50)30-22-33-31(26-7-3-1-4-8-26)15-17-47-18-16-32(34(23-30)39(33)47)27-9-5-2-6-10-27/h1-14,19-23,31-32H,15-18,24H2,(H,46,49,51)/b35-21+/t31-,32+. The Morgan fingerprint density at radius 2 is 1.37 bits per heavy atom. The fourth-order valence-electron chi connectivity index (χ4n) is 7.57. The van der Waals surface area contributed by atoms with E-state index in [1.807, 2.05) is 48.5 Å². The summed E-state index contributed by atoms with van der Waals surface area (Å²) in [6, 6.07) is 33.8. The van der Waals surface area contributed by atoms with Crippen molar-refractivity contribution in [2.75, 3.05) is 22.9 Å². The minimum absolute atomic E-state index is 0.0574. The van der Waals surface area contributed by atoms with Crippen LogP contribution in [0, 0.1) is 0 Å². The van der Waals surface area contributed by atoms with Gasteiger partial charge in [0.25, 0.3) is 11.8 Å². The van der Waals surface area contributed by atoms with Gasteiger partial charge in [-0.15, -0.1) is 0 Å². The Labute approximate surface area is 316 Å². The first-order chi connectivity index (χ1) is 25.2. The largest absolute Gasteiger partial charge is 0.488 e. The predicted octanol–water partition coefficient (Wildman–Crippen LogP) is 9.77. The van der Waals surface area contributed by atoms with E-state index in [-0.39, 0.29) is 24.0 Å². The summed E-state index contributed by atoms with van der Waals surface area (Å²) in [5.74, 6) is -1.06. The number of imide groups is 2. The third-order valence-electron chi connectivity index (χ3n) is 10.0. The molecule has 2 atom stereocenters. The second kappa shape index (κ2) is 14.2. The lowest BCUT2D eigenvalue weighted by Gasteiger charge is -2.44. The van der Waals surface area contributed by atoms with Crippen molar-refractivity contribution in [1.29, 1.82) is 0 Å². The number of urea groups is 1. The van der Waals surface area contributed by atoms with E-state index in [9.17, 15) is 14.4 Å². The fraction of sp³-hybridized carbons (Fsp3) is 0.167. The third-order valence-corrected chi connectivity index (χ3v) is 11.0. The van der Waals surface area contributed by atoms with Crippen molar-refractivity contribution in [3.63, 3.8) is 0 Å². The molecule has 3 aliphatic rings. The molecule has 7 nitrogen and oxygen atoms in total. The first kappa shape index (κ1) is 34.0.